The highest BCUT2D eigenvalue weighted by molar-refractivity contribution is 6.08. The molecule has 0 bridgehead atoms. The first-order valence-electron chi connectivity index (χ1n) is 6.07. The second-order valence-corrected chi connectivity index (χ2v) is 4.30. The number of aliphatic hydroxyl groups excluding tert-OH is 1. The third-order valence-electron chi connectivity index (χ3n) is 2.92. The highest BCUT2D eigenvalue weighted by Crippen LogP contribution is 2.25. The number of rotatable bonds is 4. The van der Waals surface area contributed by atoms with Gasteiger partial charge >= 0.3 is 0 Å². The van der Waals surface area contributed by atoms with Gasteiger partial charge in [-0.25, -0.2) is 0 Å². The van der Waals surface area contributed by atoms with E-state index in [1.165, 1.54) is 18.2 Å². The van der Waals surface area contributed by atoms with Crippen LogP contribution in [-0.2, 0) is 6.61 Å². The number of hydrogen-bond donors (Lipinski definition) is 3. The van der Waals surface area contributed by atoms with Crippen LogP contribution in [0.1, 0.15) is 15.9 Å². The average molecular weight is 287 g/mol. The van der Waals surface area contributed by atoms with Crippen molar-refractivity contribution in [2.24, 2.45) is 0 Å². The first-order chi connectivity index (χ1) is 10.0. The minimum atomic E-state index is -0.637. The fourth-order valence-electron chi connectivity index (χ4n) is 1.80. The summed E-state index contributed by atoms with van der Waals surface area (Å²) in [4.78, 5) is 22.3. The van der Waals surface area contributed by atoms with E-state index in [4.69, 9.17) is 10.8 Å². The number of aliphatic hydroxyl groups is 1. The molecule has 0 fully saturated rings. The number of carbonyl (C=O) groups is 1. The molecule has 2 aromatic carbocycles. The Hall–Kier alpha value is -2.93. The summed E-state index contributed by atoms with van der Waals surface area (Å²) in [5.74, 6) is -0.534. The maximum absolute atomic E-state index is 12.1. The predicted molar refractivity (Wildman–Crippen MR) is 77.8 cm³/mol. The van der Waals surface area contributed by atoms with Crippen LogP contribution in [0.25, 0.3) is 0 Å². The van der Waals surface area contributed by atoms with Gasteiger partial charge < -0.3 is 16.2 Å². The van der Waals surface area contributed by atoms with Crippen molar-refractivity contribution < 1.29 is 14.8 Å². The average Bonchev–Trinajstić information content (AvgIpc) is 2.47. The summed E-state index contributed by atoms with van der Waals surface area (Å²) in [6, 6.07) is 10.6. The molecule has 0 aliphatic rings. The molecule has 0 atom stereocenters. The van der Waals surface area contributed by atoms with E-state index >= 15 is 0 Å². The summed E-state index contributed by atoms with van der Waals surface area (Å²) in [6.45, 7) is -0.0912. The zero-order valence-corrected chi connectivity index (χ0v) is 10.9. The number of nitrogens with zero attached hydrogens (tertiary/aromatic N) is 1. The molecule has 0 heterocycles. The first-order valence-corrected chi connectivity index (χ1v) is 6.07. The fourth-order valence-corrected chi connectivity index (χ4v) is 1.80. The number of nitrogen functional groups attached to an aromatic ring is 1. The number of benzene rings is 2. The smallest absolute Gasteiger partial charge is 0.292 e. The summed E-state index contributed by atoms with van der Waals surface area (Å²) in [5, 5.41) is 22.3. The normalized spacial score (nSPS) is 10.1. The Kier molecular flexibility index (Phi) is 4.15. The van der Waals surface area contributed by atoms with Gasteiger partial charge in [-0.05, 0) is 23.8 Å². The molecule has 1 amide bonds. The summed E-state index contributed by atoms with van der Waals surface area (Å²) in [7, 11) is 0. The maximum Gasteiger partial charge on any atom is 0.292 e. The van der Waals surface area contributed by atoms with E-state index in [1.807, 2.05) is 0 Å². The summed E-state index contributed by atoms with van der Waals surface area (Å²) >= 11 is 0. The van der Waals surface area contributed by atoms with E-state index in [0.717, 1.165) is 0 Å². The molecule has 0 aromatic heterocycles. The number of nitrogens with two attached hydrogens (primary N) is 1. The lowest BCUT2D eigenvalue weighted by molar-refractivity contribution is -0.383. The molecular formula is C14H13N3O4. The van der Waals surface area contributed by atoms with Crippen LogP contribution in [0.3, 0.4) is 0 Å². The van der Waals surface area contributed by atoms with Crippen LogP contribution in [-0.4, -0.2) is 15.9 Å². The Labute approximate surface area is 120 Å². The van der Waals surface area contributed by atoms with E-state index in [0.29, 0.717) is 11.3 Å². The lowest BCUT2D eigenvalue weighted by atomic mass is 10.1. The van der Waals surface area contributed by atoms with Crippen LogP contribution in [0, 0.1) is 10.1 Å². The zero-order chi connectivity index (χ0) is 15.4. The number of hydrogen-bond acceptors (Lipinski definition) is 5. The van der Waals surface area contributed by atoms with Gasteiger partial charge in [-0.15, -0.1) is 0 Å². The first kappa shape index (κ1) is 14.5. The van der Waals surface area contributed by atoms with E-state index < -0.39 is 10.8 Å². The SMILES string of the molecule is Nc1c(C(=O)Nc2ccc(CO)cc2)cccc1[N+](=O)[O-]. The zero-order valence-electron chi connectivity index (χ0n) is 10.9. The lowest BCUT2D eigenvalue weighted by Crippen LogP contribution is -2.14. The van der Waals surface area contributed by atoms with Crippen LogP contribution >= 0.6 is 0 Å². The number of nitrogens with one attached hydrogen (secondary N) is 1. The number of anilines is 2. The Balaban J connectivity index is 2.24. The van der Waals surface area contributed by atoms with Gasteiger partial charge in [-0.3, -0.25) is 14.9 Å². The van der Waals surface area contributed by atoms with Crippen molar-refractivity contribution >= 4 is 23.0 Å². The minimum Gasteiger partial charge on any atom is -0.393 e. The molecule has 0 unspecified atom stereocenters. The molecule has 21 heavy (non-hydrogen) atoms. The molecule has 0 aliphatic heterocycles. The summed E-state index contributed by atoms with van der Waals surface area (Å²) < 4.78 is 0. The predicted octanol–water partition coefficient (Wildman–Crippen LogP) is 1.92. The quantitative estimate of drug-likeness (QED) is 0.451. The summed E-state index contributed by atoms with van der Waals surface area (Å²) in [6.07, 6.45) is 0. The molecular weight excluding hydrogens is 274 g/mol. The Morgan fingerprint density at radius 1 is 1.24 bits per heavy atom. The van der Waals surface area contributed by atoms with Crippen LogP contribution in [0.4, 0.5) is 17.1 Å². The Bertz CT molecular complexity index is 683. The highest BCUT2D eigenvalue weighted by Gasteiger charge is 2.18. The number of para-hydroxylation sites is 1. The summed E-state index contributed by atoms with van der Waals surface area (Å²) in [5.41, 5.74) is 6.42. The van der Waals surface area contributed by atoms with Gasteiger partial charge in [-0.1, -0.05) is 18.2 Å². The lowest BCUT2D eigenvalue weighted by Gasteiger charge is -2.08. The maximum atomic E-state index is 12.1. The topological polar surface area (TPSA) is 118 Å². The molecule has 0 spiro atoms. The molecule has 108 valence electrons. The van der Waals surface area contributed by atoms with Crippen molar-refractivity contribution in [3.8, 4) is 0 Å². The Morgan fingerprint density at radius 3 is 2.48 bits per heavy atom. The third-order valence-corrected chi connectivity index (χ3v) is 2.92. The highest BCUT2D eigenvalue weighted by atomic mass is 16.6. The minimum absolute atomic E-state index is 0.0374. The van der Waals surface area contributed by atoms with Gasteiger partial charge in [-0.2, -0.15) is 0 Å². The number of amides is 1. The molecule has 0 saturated carbocycles. The second-order valence-electron chi connectivity index (χ2n) is 4.30. The van der Waals surface area contributed by atoms with Gasteiger partial charge in [0.25, 0.3) is 11.6 Å². The molecule has 2 rings (SSSR count). The molecule has 7 heteroatoms. The third kappa shape index (κ3) is 3.15. The molecule has 7 nitrogen and oxygen atoms in total. The van der Waals surface area contributed by atoms with Gasteiger partial charge in [0.1, 0.15) is 5.69 Å². The van der Waals surface area contributed by atoms with Crippen LogP contribution in [0.2, 0.25) is 0 Å². The Morgan fingerprint density at radius 2 is 1.90 bits per heavy atom. The molecule has 0 saturated heterocycles. The van der Waals surface area contributed by atoms with Crippen molar-refractivity contribution in [1.82, 2.24) is 0 Å². The standard InChI is InChI=1S/C14H13N3O4/c15-13-11(2-1-3-12(13)17(20)21)14(19)16-10-6-4-9(8-18)5-7-10/h1-7,18H,8,15H2,(H,16,19). The fraction of sp³-hybridized carbons (Fsp3) is 0.0714. The van der Waals surface area contributed by atoms with Gasteiger partial charge in [0.2, 0.25) is 0 Å². The number of carbonyl (C=O) groups excluding carboxylic acids is 1. The van der Waals surface area contributed by atoms with Gasteiger partial charge in [0, 0.05) is 11.8 Å². The van der Waals surface area contributed by atoms with E-state index in [9.17, 15) is 14.9 Å². The molecule has 2 aromatic rings. The van der Waals surface area contributed by atoms with Crippen molar-refractivity contribution in [2.75, 3.05) is 11.1 Å². The molecule has 0 aliphatic carbocycles. The molecule has 0 radical (unpaired) electrons. The van der Waals surface area contributed by atoms with E-state index in [2.05, 4.69) is 5.32 Å². The number of nitro benzene ring substituents is 1. The van der Waals surface area contributed by atoms with Crippen molar-refractivity contribution in [1.29, 1.82) is 0 Å². The second kappa shape index (κ2) is 6.02. The van der Waals surface area contributed by atoms with E-state index in [1.54, 1.807) is 24.3 Å². The molecule has 4 N–H and O–H groups in total. The van der Waals surface area contributed by atoms with E-state index in [-0.39, 0.29) is 23.5 Å². The van der Waals surface area contributed by atoms with Crippen molar-refractivity contribution in [3.63, 3.8) is 0 Å². The van der Waals surface area contributed by atoms with Crippen LogP contribution in [0.15, 0.2) is 42.5 Å². The van der Waals surface area contributed by atoms with Crippen LogP contribution < -0.4 is 11.1 Å². The van der Waals surface area contributed by atoms with Crippen LogP contribution in [0.5, 0.6) is 0 Å². The van der Waals surface area contributed by atoms with Gasteiger partial charge in [0.15, 0.2) is 0 Å². The number of nitro groups is 1. The largest absolute Gasteiger partial charge is 0.393 e. The van der Waals surface area contributed by atoms with Gasteiger partial charge in [0.05, 0.1) is 17.1 Å². The monoisotopic (exact) mass is 287 g/mol. The van der Waals surface area contributed by atoms with Crippen molar-refractivity contribution in [2.45, 2.75) is 6.61 Å². The van der Waals surface area contributed by atoms with Crippen molar-refractivity contribution in [3.05, 3.63) is 63.7 Å².